The Hall–Kier alpha value is -1.65. The number of anilines is 1. The molecule has 0 aliphatic carbocycles. The summed E-state index contributed by atoms with van der Waals surface area (Å²) in [6.45, 7) is 1.85. The molecule has 19 heavy (non-hydrogen) atoms. The van der Waals surface area contributed by atoms with Gasteiger partial charge in [-0.05, 0) is 48.4 Å². The molecular weight excluding hydrogens is 306 g/mol. The summed E-state index contributed by atoms with van der Waals surface area (Å²) in [7, 11) is 0. The lowest BCUT2D eigenvalue weighted by Gasteiger charge is -2.09. The molecule has 98 valence electrons. The molecule has 0 saturated heterocycles. The van der Waals surface area contributed by atoms with E-state index >= 15 is 0 Å². The van der Waals surface area contributed by atoms with Gasteiger partial charge in [-0.2, -0.15) is 0 Å². The van der Waals surface area contributed by atoms with Crippen molar-refractivity contribution in [3.05, 3.63) is 63.6 Å². The maximum absolute atomic E-state index is 12.2. The smallest absolute Gasteiger partial charge is 0.255 e. The lowest BCUT2D eigenvalue weighted by Crippen LogP contribution is -2.13. The van der Waals surface area contributed by atoms with E-state index in [4.69, 9.17) is 5.11 Å². The van der Waals surface area contributed by atoms with Crippen LogP contribution < -0.4 is 5.32 Å². The van der Waals surface area contributed by atoms with Crippen molar-refractivity contribution >= 4 is 27.5 Å². The molecule has 0 spiro atoms. The third-order valence-electron chi connectivity index (χ3n) is 2.80. The lowest BCUT2D eigenvalue weighted by atomic mass is 10.1. The summed E-state index contributed by atoms with van der Waals surface area (Å²) in [6.07, 6.45) is 0. The summed E-state index contributed by atoms with van der Waals surface area (Å²) in [4.78, 5) is 12.2. The van der Waals surface area contributed by atoms with Crippen LogP contribution >= 0.6 is 15.9 Å². The van der Waals surface area contributed by atoms with Crippen LogP contribution in [-0.2, 0) is 6.61 Å². The molecule has 3 nitrogen and oxygen atoms in total. The number of aliphatic hydroxyl groups excluding tert-OH is 1. The van der Waals surface area contributed by atoms with Crippen LogP contribution in [0.25, 0.3) is 0 Å². The van der Waals surface area contributed by atoms with Crippen LogP contribution in [0.4, 0.5) is 5.69 Å². The summed E-state index contributed by atoms with van der Waals surface area (Å²) in [5.41, 5.74) is 2.99. The summed E-state index contributed by atoms with van der Waals surface area (Å²) in [5, 5.41) is 11.9. The molecular formula is C15H14BrNO2. The van der Waals surface area contributed by atoms with Crippen LogP contribution in [0.3, 0.4) is 0 Å². The number of hydrogen-bond donors (Lipinski definition) is 2. The Kier molecular flexibility index (Phi) is 4.35. The van der Waals surface area contributed by atoms with Gasteiger partial charge in [-0.3, -0.25) is 4.79 Å². The molecule has 0 atom stereocenters. The van der Waals surface area contributed by atoms with Crippen molar-refractivity contribution in [1.29, 1.82) is 0 Å². The highest BCUT2D eigenvalue weighted by Crippen LogP contribution is 2.18. The van der Waals surface area contributed by atoms with Crippen LogP contribution in [0.15, 0.2) is 46.9 Å². The summed E-state index contributed by atoms with van der Waals surface area (Å²) >= 11 is 3.37. The number of aliphatic hydroxyl groups is 1. The van der Waals surface area contributed by atoms with Gasteiger partial charge in [0, 0.05) is 15.7 Å². The van der Waals surface area contributed by atoms with Gasteiger partial charge in [0.05, 0.1) is 6.61 Å². The lowest BCUT2D eigenvalue weighted by molar-refractivity contribution is 0.102. The summed E-state index contributed by atoms with van der Waals surface area (Å²) < 4.78 is 0.948. The van der Waals surface area contributed by atoms with E-state index in [1.54, 1.807) is 30.3 Å². The molecule has 2 aromatic rings. The number of aryl methyl sites for hydroxylation is 1. The normalized spacial score (nSPS) is 10.3. The van der Waals surface area contributed by atoms with Crippen molar-refractivity contribution in [2.75, 3.05) is 5.32 Å². The molecule has 2 rings (SSSR count). The quantitative estimate of drug-likeness (QED) is 0.909. The molecule has 2 N–H and O–H groups in total. The van der Waals surface area contributed by atoms with Crippen molar-refractivity contribution in [3.8, 4) is 0 Å². The number of benzene rings is 2. The van der Waals surface area contributed by atoms with E-state index in [0.29, 0.717) is 11.3 Å². The fourth-order valence-corrected chi connectivity index (χ4v) is 2.30. The summed E-state index contributed by atoms with van der Waals surface area (Å²) in [5.74, 6) is -0.153. The second-order valence-corrected chi connectivity index (χ2v) is 5.19. The predicted molar refractivity (Wildman–Crippen MR) is 79.2 cm³/mol. The third kappa shape index (κ3) is 3.43. The Balaban J connectivity index is 2.20. The minimum absolute atomic E-state index is 0.0407. The Morgan fingerprint density at radius 2 is 2.05 bits per heavy atom. The van der Waals surface area contributed by atoms with Gasteiger partial charge >= 0.3 is 0 Å². The van der Waals surface area contributed by atoms with Crippen LogP contribution in [0, 0.1) is 6.92 Å². The maximum atomic E-state index is 12.2. The largest absolute Gasteiger partial charge is 0.392 e. The second kappa shape index (κ2) is 5.99. The standard InChI is InChI=1S/C15H14BrNO2/c1-10-7-12(16)5-6-14(10)15(19)17-13-4-2-3-11(8-13)9-18/h2-8,18H,9H2,1H3,(H,17,19). The number of hydrogen-bond acceptors (Lipinski definition) is 2. The first kappa shape index (κ1) is 13.8. The van der Waals surface area contributed by atoms with E-state index in [2.05, 4.69) is 21.2 Å². The van der Waals surface area contributed by atoms with Gasteiger partial charge in [-0.15, -0.1) is 0 Å². The first-order valence-corrected chi connectivity index (χ1v) is 6.67. The molecule has 0 unspecified atom stereocenters. The highest BCUT2D eigenvalue weighted by atomic mass is 79.9. The van der Waals surface area contributed by atoms with E-state index in [0.717, 1.165) is 15.6 Å². The van der Waals surface area contributed by atoms with Gasteiger partial charge < -0.3 is 10.4 Å². The van der Waals surface area contributed by atoms with Crippen molar-refractivity contribution in [3.63, 3.8) is 0 Å². The third-order valence-corrected chi connectivity index (χ3v) is 3.29. The average molecular weight is 320 g/mol. The monoisotopic (exact) mass is 319 g/mol. The highest BCUT2D eigenvalue weighted by Gasteiger charge is 2.09. The molecule has 0 radical (unpaired) electrons. The number of rotatable bonds is 3. The fraction of sp³-hybridized carbons (Fsp3) is 0.133. The van der Waals surface area contributed by atoms with E-state index < -0.39 is 0 Å². The van der Waals surface area contributed by atoms with E-state index in [9.17, 15) is 4.79 Å². The molecule has 4 heteroatoms. The maximum Gasteiger partial charge on any atom is 0.255 e. The Morgan fingerprint density at radius 1 is 1.26 bits per heavy atom. The number of carbonyl (C=O) groups excluding carboxylic acids is 1. The highest BCUT2D eigenvalue weighted by molar-refractivity contribution is 9.10. The first-order valence-electron chi connectivity index (χ1n) is 5.87. The van der Waals surface area contributed by atoms with Crippen molar-refractivity contribution in [2.24, 2.45) is 0 Å². The minimum Gasteiger partial charge on any atom is -0.392 e. The topological polar surface area (TPSA) is 49.3 Å². The SMILES string of the molecule is Cc1cc(Br)ccc1C(=O)Nc1cccc(CO)c1. The van der Waals surface area contributed by atoms with Crippen LogP contribution in [0.1, 0.15) is 21.5 Å². The molecule has 0 aliphatic rings. The number of halogens is 1. The van der Waals surface area contributed by atoms with Crippen LogP contribution in [0.2, 0.25) is 0 Å². The average Bonchev–Trinajstić information content (AvgIpc) is 2.38. The molecule has 0 bridgehead atoms. The Labute approximate surface area is 120 Å². The molecule has 0 aliphatic heterocycles. The van der Waals surface area contributed by atoms with Crippen molar-refractivity contribution in [1.82, 2.24) is 0 Å². The summed E-state index contributed by atoms with van der Waals surface area (Å²) in [6, 6.07) is 12.7. The zero-order valence-corrected chi connectivity index (χ0v) is 12.1. The van der Waals surface area contributed by atoms with Gasteiger partial charge in [0.2, 0.25) is 0 Å². The number of amides is 1. The molecule has 0 fully saturated rings. The van der Waals surface area contributed by atoms with E-state index in [1.807, 2.05) is 19.1 Å². The fourth-order valence-electron chi connectivity index (χ4n) is 1.83. The zero-order chi connectivity index (χ0) is 13.8. The van der Waals surface area contributed by atoms with Crippen molar-refractivity contribution < 1.29 is 9.90 Å². The Morgan fingerprint density at radius 3 is 2.74 bits per heavy atom. The molecule has 1 amide bonds. The molecule has 0 saturated carbocycles. The van der Waals surface area contributed by atoms with Gasteiger partial charge in [0.15, 0.2) is 0 Å². The van der Waals surface area contributed by atoms with Gasteiger partial charge in [0.25, 0.3) is 5.91 Å². The van der Waals surface area contributed by atoms with Crippen LogP contribution in [-0.4, -0.2) is 11.0 Å². The molecule has 0 heterocycles. The molecule has 2 aromatic carbocycles. The van der Waals surface area contributed by atoms with E-state index in [1.165, 1.54) is 0 Å². The zero-order valence-electron chi connectivity index (χ0n) is 10.5. The Bertz CT molecular complexity index is 611. The van der Waals surface area contributed by atoms with Gasteiger partial charge in [0.1, 0.15) is 0 Å². The minimum atomic E-state index is -0.153. The second-order valence-electron chi connectivity index (χ2n) is 4.27. The van der Waals surface area contributed by atoms with E-state index in [-0.39, 0.29) is 12.5 Å². The van der Waals surface area contributed by atoms with Gasteiger partial charge in [-0.25, -0.2) is 0 Å². The molecule has 0 aromatic heterocycles. The first-order chi connectivity index (χ1) is 9.10. The number of carbonyl (C=O) groups is 1. The van der Waals surface area contributed by atoms with Crippen molar-refractivity contribution in [2.45, 2.75) is 13.5 Å². The van der Waals surface area contributed by atoms with Gasteiger partial charge in [-0.1, -0.05) is 28.1 Å². The number of nitrogens with one attached hydrogen (secondary N) is 1. The predicted octanol–water partition coefficient (Wildman–Crippen LogP) is 3.50. The van der Waals surface area contributed by atoms with Crippen LogP contribution in [0.5, 0.6) is 0 Å².